The monoisotopic (exact) mass is 264 g/mol. The quantitative estimate of drug-likeness (QED) is 0.838. The number of fused-ring (bicyclic) bond motifs is 1. The van der Waals surface area contributed by atoms with E-state index in [9.17, 15) is 0 Å². The van der Waals surface area contributed by atoms with Crippen LogP contribution in [0.4, 0.5) is 0 Å². The van der Waals surface area contributed by atoms with E-state index in [1.807, 2.05) is 0 Å². The average Bonchev–Trinajstić information content (AvgIpc) is 2.86. The van der Waals surface area contributed by atoms with Crippen LogP contribution in [0, 0.1) is 17.8 Å². The third kappa shape index (κ3) is 3.33. The average molecular weight is 264 g/mol. The van der Waals surface area contributed by atoms with Crippen molar-refractivity contribution in [1.29, 1.82) is 0 Å². The fourth-order valence-electron chi connectivity index (χ4n) is 4.96. The third-order valence-corrected chi connectivity index (χ3v) is 5.99. The Labute approximate surface area is 119 Å². The van der Waals surface area contributed by atoms with Crippen LogP contribution < -0.4 is 5.32 Å². The van der Waals surface area contributed by atoms with Crippen molar-refractivity contribution in [3.05, 3.63) is 0 Å². The van der Waals surface area contributed by atoms with Gasteiger partial charge in [-0.2, -0.15) is 0 Å². The highest BCUT2D eigenvalue weighted by Gasteiger charge is 2.34. The summed E-state index contributed by atoms with van der Waals surface area (Å²) in [6.45, 7) is 7.58. The molecule has 3 aliphatic rings. The van der Waals surface area contributed by atoms with Gasteiger partial charge in [0.15, 0.2) is 0 Å². The smallest absolute Gasteiger partial charge is 0.0107 e. The Morgan fingerprint density at radius 1 is 0.947 bits per heavy atom. The summed E-state index contributed by atoms with van der Waals surface area (Å²) in [5.41, 5.74) is 0. The lowest BCUT2D eigenvalue weighted by molar-refractivity contribution is 0.0730. The Balaban J connectivity index is 1.50. The van der Waals surface area contributed by atoms with Crippen molar-refractivity contribution < 1.29 is 0 Å². The van der Waals surface area contributed by atoms with Gasteiger partial charge in [0.05, 0.1) is 0 Å². The minimum absolute atomic E-state index is 0.814. The molecular formula is C17H32N2. The van der Waals surface area contributed by atoms with Crippen molar-refractivity contribution in [2.24, 2.45) is 17.8 Å². The van der Waals surface area contributed by atoms with Crippen LogP contribution in [0.5, 0.6) is 0 Å². The molecule has 2 aliphatic carbocycles. The Hall–Kier alpha value is -0.0800. The molecule has 0 aromatic rings. The Kier molecular flexibility index (Phi) is 4.81. The van der Waals surface area contributed by atoms with Gasteiger partial charge in [-0.15, -0.1) is 0 Å². The van der Waals surface area contributed by atoms with Crippen LogP contribution in [0.25, 0.3) is 0 Å². The van der Waals surface area contributed by atoms with Gasteiger partial charge in [-0.1, -0.05) is 32.6 Å². The summed E-state index contributed by atoms with van der Waals surface area (Å²) < 4.78 is 0. The summed E-state index contributed by atoms with van der Waals surface area (Å²) in [5.74, 6) is 3.06. The van der Waals surface area contributed by atoms with Crippen molar-refractivity contribution in [2.75, 3.05) is 26.2 Å². The molecule has 2 heteroatoms. The summed E-state index contributed by atoms with van der Waals surface area (Å²) >= 11 is 0. The Morgan fingerprint density at radius 3 is 2.63 bits per heavy atom. The van der Waals surface area contributed by atoms with Gasteiger partial charge >= 0.3 is 0 Å². The zero-order chi connectivity index (χ0) is 13.1. The van der Waals surface area contributed by atoms with Gasteiger partial charge < -0.3 is 10.2 Å². The molecule has 19 heavy (non-hydrogen) atoms. The second kappa shape index (κ2) is 6.58. The summed E-state index contributed by atoms with van der Waals surface area (Å²) in [5, 5.41) is 3.71. The molecular weight excluding hydrogens is 232 g/mol. The van der Waals surface area contributed by atoms with Gasteiger partial charge in [0.2, 0.25) is 0 Å². The molecule has 0 aromatic heterocycles. The second-order valence-corrected chi connectivity index (χ2v) is 7.21. The van der Waals surface area contributed by atoms with Crippen LogP contribution in [0.15, 0.2) is 0 Å². The first kappa shape index (κ1) is 13.9. The van der Waals surface area contributed by atoms with E-state index in [2.05, 4.69) is 17.1 Å². The van der Waals surface area contributed by atoms with Gasteiger partial charge in [0, 0.05) is 19.1 Å². The standard InChI is InChI=1S/C17H32N2/c1-2-18-17-9-5-8-16(17)13-19-11-10-14-6-3-4-7-15(14)12-19/h14-18H,2-13H2,1H3. The first-order valence-corrected chi connectivity index (χ1v) is 8.82. The number of nitrogens with zero attached hydrogens (tertiary/aromatic N) is 1. The van der Waals surface area contributed by atoms with Crippen LogP contribution in [0.2, 0.25) is 0 Å². The van der Waals surface area contributed by atoms with Crippen molar-refractivity contribution in [3.63, 3.8) is 0 Å². The van der Waals surface area contributed by atoms with E-state index >= 15 is 0 Å². The van der Waals surface area contributed by atoms with Crippen LogP contribution in [0.3, 0.4) is 0 Å². The zero-order valence-electron chi connectivity index (χ0n) is 12.7. The predicted octanol–water partition coefficient (Wildman–Crippen LogP) is 3.28. The fourth-order valence-corrected chi connectivity index (χ4v) is 4.96. The van der Waals surface area contributed by atoms with E-state index < -0.39 is 0 Å². The zero-order valence-corrected chi connectivity index (χ0v) is 12.7. The number of nitrogens with one attached hydrogen (secondary N) is 1. The Bertz CT molecular complexity index is 278. The molecule has 0 spiro atoms. The second-order valence-electron chi connectivity index (χ2n) is 7.21. The molecule has 1 aliphatic heterocycles. The highest BCUT2D eigenvalue weighted by Crippen LogP contribution is 2.37. The molecule has 3 fully saturated rings. The van der Waals surface area contributed by atoms with E-state index in [1.165, 1.54) is 71.0 Å². The number of hydrogen-bond donors (Lipinski definition) is 1. The molecule has 0 bridgehead atoms. The molecule has 1 heterocycles. The van der Waals surface area contributed by atoms with Gasteiger partial charge in [-0.05, 0) is 56.5 Å². The minimum Gasteiger partial charge on any atom is -0.314 e. The number of piperidine rings is 1. The molecule has 0 radical (unpaired) electrons. The molecule has 0 aromatic carbocycles. The van der Waals surface area contributed by atoms with Gasteiger partial charge in [0.1, 0.15) is 0 Å². The topological polar surface area (TPSA) is 15.3 Å². The third-order valence-electron chi connectivity index (χ3n) is 5.99. The minimum atomic E-state index is 0.814. The summed E-state index contributed by atoms with van der Waals surface area (Å²) in [6, 6.07) is 0.814. The summed E-state index contributed by atoms with van der Waals surface area (Å²) in [7, 11) is 0. The van der Waals surface area contributed by atoms with Gasteiger partial charge in [-0.25, -0.2) is 0 Å². The van der Waals surface area contributed by atoms with Crippen molar-refractivity contribution in [1.82, 2.24) is 10.2 Å². The van der Waals surface area contributed by atoms with Crippen molar-refractivity contribution >= 4 is 0 Å². The largest absolute Gasteiger partial charge is 0.314 e. The normalized spacial score (nSPS) is 40.3. The molecule has 110 valence electrons. The molecule has 1 saturated heterocycles. The molecule has 4 unspecified atom stereocenters. The maximum atomic E-state index is 3.71. The molecule has 3 rings (SSSR count). The van der Waals surface area contributed by atoms with E-state index in [0.29, 0.717) is 0 Å². The number of likely N-dealkylation sites (tertiary alicyclic amines) is 1. The van der Waals surface area contributed by atoms with E-state index in [1.54, 1.807) is 0 Å². The van der Waals surface area contributed by atoms with Crippen LogP contribution in [0.1, 0.15) is 58.3 Å². The molecule has 4 atom stereocenters. The van der Waals surface area contributed by atoms with E-state index in [4.69, 9.17) is 0 Å². The van der Waals surface area contributed by atoms with Gasteiger partial charge in [-0.3, -0.25) is 0 Å². The maximum Gasteiger partial charge on any atom is 0.0107 e. The lowest BCUT2D eigenvalue weighted by Crippen LogP contribution is -2.46. The SMILES string of the molecule is CCNC1CCCC1CN1CCC2CCCCC2C1. The lowest BCUT2D eigenvalue weighted by Gasteiger charge is -2.42. The highest BCUT2D eigenvalue weighted by atomic mass is 15.1. The summed E-state index contributed by atoms with van der Waals surface area (Å²) in [6.07, 6.45) is 11.9. The summed E-state index contributed by atoms with van der Waals surface area (Å²) in [4.78, 5) is 2.81. The number of hydrogen-bond acceptors (Lipinski definition) is 2. The van der Waals surface area contributed by atoms with Crippen molar-refractivity contribution in [2.45, 2.75) is 64.3 Å². The highest BCUT2D eigenvalue weighted by molar-refractivity contribution is 4.88. The van der Waals surface area contributed by atoms with Crippen LogP contribution in [-0.2, 0) is 0 Å². The number of rotatable bonds is 4. The lowest BCUT2D eigenvalue weighted by atomic mass is 9.75. The van der Waals surface area contributed by atoms with Crippen molar-refractivity contribution in [3.8, 4) is 0 Å². The molecule has 1 N–H and O–H groups in total. The van der Waals surface area contributed by atoms with E-state index in [-0.39, 0.29) is 0 Å². The van der Waals surface area contributed by atoms with Gasteiger partial charge in [0.25, 0.3) is 0 Å². The fraction of sp³-hybridized carbons (Fsp3) is 1.00. The first-order chi connectivity index (χ1) is 9.36. The maximum absolute atomic E-state index is 3.71. The predicted molar refractivity (Wildman–Crippen MR) is 81.3 cm³/mol. The van der Waals surface area contributed by atoms with E-state index in [0.717, 1.165) is 30.3 Å². The Morgan fingerprint density at radius 2 is 1.79 bits per heavy atom. The first-order valence-electron chi connectivity index (χ1n) is 8.82. The van der Waals surface area contributed by atoms with Crippen LogP contribution >= 0.6 is 0 Å². The molecule has 2 nitrogen and oxygen atoms in total. The molecule has 0 amide bonds. The molecule has 2 saturated carbocycles. The van der Waals surface area contributed by atoms with Crippen LogP contribution in [-0.4, -0.2) is 37.1 Å².